The number of fused-ring (bicyclic) bond motifs is 1. The maximum absolute atomic E-state index is 12.0. The predicted molar refractivity (Wildman–Crippen MR) is 118 cm³/mol. The number of benzene rings is 1. The molecule has 0 N–H and O–H groups in total. The molecule has 2 aliphatic rings. The molecule has 5 rings (SSSR count). The van der Waals surface area contributed by atoms with E-state index in [0.717, 1.165) is 58.8 Å². The van der Waals surface area contributed by atoms with E-state index in [2.05, 4.69) is 22.4 Å². The summed E-state index contributed by atoms with van der Waals surface area (Å²) in [7, 11) is -3.17. The van der Waals surface area contributed by atoms with Gasteiger partial charge in [0.1, 0.15) is 16.5 Å². The van der Waals surface area contributed by atoms with Crippen LogP contribution in [0, 0.1) is 0 Å². The zero-order chi connectivity index (χ0) is 20.0. The van der Waals surface area contributed by atoms with Crippen molar-refractivity contribution in [3.8, 4) is 11.1 Å². The molecule has 3 aromatic rings. The molecule has 3 heterocycles. The molecule has 2 aromatic heterocycles. The summed E-state index contributed by atoms with van der Waals surface area (Å²) in [6.07, 6.45) is 4.40. The van der Waals surface area contributed by atoms with Gasteiger partial charge < -0.3 is 4.90 Å². The standard InChI is InChI=1S/C21H24N4O2S2/c1-29(26,27)25-11-5-10-24(12-13-25)20-18-17(15-6-3-2-4-7-15)14-28-21(18)23-19(22-20)16-8-9-16/h2-4,6-7,14,16H,5,8-13H2,1H3. The van der Waals surface area contributed by atoms with Crippen LogP contribution in [0.4, 0.5) is 5.82 Å². The third-order valence-corrected chi connectivity index (χ3v) is 7.86. The van der Waals surface area contributed by atoms with Gasteiger partial charge in [0.15, 0.2) is 0 Å². The number of hydrogen-bond acceptors (Lipinski definition) is 6. The largest absolute Gasteiger partial charge is 0.355 e. The van der Waals surface area contributed by atoms with E-state index >= 15 is 0 Å². The SMILES string of the molecule is CS(=O)(=O)N1CCCN(c2nc(C3CC3)nc3scc(-c4ccccc4)c23)CC1. The molecule has 0 unspecified atom stereocenters. The van der Waals surface area contributed by atoms with Gasteiger partial charge >= 0.3 is 0 Å². The van der Waals surface area contributed by atoms with Gasteiger partial charge in [0.25, 0.3) is 0 Å². The second-order valence-corrected chi connectivity index (χ2v) is 10.7. The molecule has 8 heteroatoms. The van der Waals surface area contributed by atoms with Gasteiger partial charge in [0, 0.05) is 43.0 Å². The summed E-state index contributed by atoms with van der Waals surface area (Å²) in [5.74, 6) is 2.38. The highest BCUT2D eigenvalue weighted by Crippen LogP contribution is 2.43. The molecule has 29 heavy (non-hydrogen) atoms. The van der Waals surface area contributed by atoms with Gasteiger partial charge in [0.2, 0.25) is 10.0 Å². The molecule has 152 valence electrons. The Morgan fingerprint density at radius 3 is 2.55 bits per heavy atom. The first-order valence-electron chi connectivity index (χ1n) is 10.1. The van der Waals surface area contributed by atoms with E-state index in [-0.39, 0.29) is 0 Å². The minimum atomic E-state index is -3.17. The van der Waals surface area contributed by atoms with Gasteiger partial charge in [-0.3, -0.25) is 0 Å². The summed E-state index contributed by atoms with van der Waals surface area (Å²) in [4.78, 5) is 13.2. The van der Waals surface area contributed by atoms with E-state index in [4.69, 9.17) is 9.97 Å². The van der Waals surface area contributed by atoms with Gasteiger partial charge in [-0.05, 0) is 24.8 Å². The van der Waals surface area contributed by atoms with Crippen molar-refractivity contribution < 1.29 is 8.42 Å². The number of sulfonamides is 1. The Kier molecular flexibility index (Phi) is 4.80. The monoisotopic (exact) mass is 428 g/mol. The Balaban J connectivity index is 1.60. The summed E-state index contributed by atoms with van der Waals surface area (Å²) in [5, 5.41) is 3.27. The highest BCUT2D eigenvalue weighted by Gasteiger charge is 2.30. The third kappa shape index (κ3) is 3.76. The van der Waals surface area contributed by atoms with Crippen molar-refractivity contribution in [2.24, 2.45) is 0 Å². The zero-order valence-electron chi connectivity index (χ0n) is 16.4. The fourth-order valence-corrected chi connectivity index (χ4v) is 5.78. The lowest BCUT2D eigenvalue weighted by atomic mass is 10.1. The van der Waals surface area contributed by atoms with E-state index in [0.29, 0.717) is 25.6 Å². The summed E-state index contributed by atoms with van der Waals surface area (Å²) in [6, 6.07) is 10.4. The van der Waals surface area contributed by atoms with E-state index in [1.807, 2.05) is 18.2 Å². The van der Waals surface area contributed by atoms with E-state index in [1.165, 1.54) is 6.26 Å². The molecular formula is C21H24N4O2S2. The van der Waals surface area contributed by atoms with Gasteiger partial charge in [-0.15, -0.1) is 11.3 Å². The molecule has 1 aliphatic carbocycles. The number of aromatic nitrogens is 2. The molecule has 0 radical (unpaired) electrons. The van der Waals surface area contributed by atoms with Crippen molar-refractivity contribution in [1.82, 2.24) is 14.3 Å². The maximum Gasteiger partial charge on any atom is 0.211 e. The molecule has 1 saturated carbocycles. The fraction of sp³-hybridized carbons (Fsp3) is 0.429. The van der Waals surface area contributed by atoms with Gasteiger partial charge in [0.05, 0.1) is 11.6 Å². The van der Waals surface area contributed by atoms with Crippen molar-refractivity contribution in [3.63, 3.8) is 0 Å². The summed E-state index contributed by atoms with van der Waals surface area (Å²) >= 11 is 1.67. The molecule has 2 fully saturated rings. The molecule has 1 saturated heterocycles. The van der Waals surface area contributed by atoms with Gasteiger partial charge in [-0.2, -0.15) is 0 Å². The molecule has 6 nitrogen and oxygen atoms in total. The highest BCUT2D eigenvalue weighted by molar-refractivity contribution is 7.88. The quantitative estimate of drug-likeness (QED) is 0.634. The average Bonchev–Trinajstić information content (AvgIpc) is 3.50. The van der Waals surface area contributed by atoms with Crippen molar-refractivity contribution in [2.45, 2.75) is 25.2 Å². The Bertz CT molecular complexity index is 1140. The maximum atomic E-state index is 12.0. The third-order valence-electron chi connectivity index (χ3n) is 5.68. The Labute approximate surface area is 175 Å². The Hall–Kier alpha value is -2.03. The van der Waals surface area contributed by atoms with E-state index < -0.39 is 10.0 Å². The number of nitrogens with zero attached hydrogens (tertiary/aromatic N) is 4. The van der Waals surface area contributed by atoms with Crippen LogP contribution < -0.4 is 4.90 Å². The zero-order valence-corrected chi connectivity index (χ0v) is 18.0. The van der Waals surface area contributed by atoms with Crippen LogP contribution in [0.25, 0.3) is 21.3 Å². The van der Waals surface area contributed by atoms with Gasteiger partial charge in [-0.25, -0.2) is 22.7 Å². The number of hydrogen-bond donors (Lipinski definition) is 0. The molecule has 0 amide bonds. The Morgan fingerprint density at radius 2 is 1.83 bits per heavy atom. The van der Waals surface area contributed by atoms with Crippen molar-refractivity contribution in [1.29, 1.82) is 0 Å². The number of thiophene rings is 1. The second-order valence-electron chi connectivity index (χ2n) is 7.88. The van der Waals surface area contributed by atoms with Crippen LogP contribution >= 0.6 is 11.3 Å². The van der Waals surface area contributed by atoms with Crippen LogP contribution in [0.5, 0.6) is 0 Å². The second kappa shape index (κ2) is 7.34. The lowest BCUT2D eigenvalue weighted by Crippen LogP contribution is -2.34. The van der Waals surface area contributed by atoms with Crippen molar-refractivity contribution >= 4 is 37.4 Å². The Morgan fingerprint density at radius 1 is 1.03 bits per heavy atom. The van der Waals surface area contributed by atoms with Crippen LogP contribution in [0.3, 0.4) is 0 Å². The summed E-state index contributed by atoms with van der Waals surface area (Å²) in [6.45, 7) is 2.50. The summed E-state index contributed by atoms with van der Waals surface area (Å²) < 4.78 is 25.6. The molecule has 0 bridgehead atoms. The lowest BCUT2D eigenvalue weighted by molar-refractivity contribution is 0.437. The summed E-state index contributed by atoms with van der Waals surface area (Å²) in [5.41, 5.74) is 2.32. The van der Waals surface area contributed by atoms with Crippen LogP contribution in [-0.2, 0) is 10.0 Å². The average molecular weight is 429 g/mol. The minimum absolute atomic E-state index is 0.472. The normalized spacial score (nSPS) is 18.9. The molecule has 0 spiro atoms. The first-order chi connectivity index (χ1) is 14.0. The van der Waals surface area contributed by atoms with Crippen LogP contribution in [0.2, 0.25) is 0 Å². The molecule has 1 aromatic carbocycles. The first-order valence-corrected chi connectivity index (χ1v) is 12.8. The van der Waals surface area contributed by atoms with Crippen molar-refractivity contribution in [2.75, 3.05) is 37.3 Å². The number of rotatable bonds is 4. The molecule has 0 atom stereocenters. The molecular weight excluding hydrogens is 404 g/mol. The number of anilines is 1. The topological polar surface area (TPSA) is 66.4 Å². The minimum Gasteiger partial charge on any atom is -0.355 e. The lowest BCUT2D eigenvalue weighted by Gasteiger charge is -2.24. The van der Waals surface area contributed by atoms with Crippen molar-refractivity contribution in [3.05, 3.63) is 41.5 Å². The van der Waals surface area contributed by atoms with E-state index in [9.17, 15) is 8.42 Å². The van der Waals surface area contributed by atoms with Gasteiger partial charge in [-0.1, -0.05) is 30.3 Å². The predicted octanol–water partition coefficient (Wildman–Crippen LogP) is 3.71. The van der Waals surface area contributed by atoms with E-state index in [1.54, 1.807) is 15.6 Å². The fourth-order valence-electron chi connectivity index (χ4n) is 3.96. The van der Waals surface area contributed by atoms with Crippen LogP contribution in [0.1, 0.15) is 31.0 Å². The first kappa shape index (κ1) is 19.0. The smallest absolute Gasteiger partial charge is 0.211 e. The highest BCUT2D eigenvalue weighted by atomic mass is 32.2. The van der Waals surface area contributed by atoms with Crippen LogP contribution in [0.15, 0.2) is 35.7 Å². The molecule has 1 aliphatic heterocycles. The van der Waals surface area contributed by atoms with Crippen LogP contribution in [-0.4, -0.2) is 55.1 Å².